The molecule has 3 heterocycles. The van der Waals surface area contributed by atoms with Crippen molar-refractivity contribution in [3.8, 4) is 29.6 Å². The van der Waals surface area contributed by atoms with Crippen molar-refractivity contribution in [3.05, 3.63) is 112 Å². The van der Waals surface area contributed by atoms with Crippen molar-refractivity contribution >= 4 is 36.1 Å². The van der Waals surface area contributed by atoms with Gasteiger partial charge in [-0.05, 0) is 64.1 Å². The Bertz CT molecular complexity index is 2570. The number of aliphatic hydroxyl groups is 1. The number of nitrogens with zero attached hydrogens (tertiary/aromatic N) is 3. The number of benzene rings is 3. The normalized spacial score (nSPS) is 19.3. The molecule has 21 heteroatoms. The summed E-state index contributed by atoms with van der Waals surface area (Å²) in [7, 11) is -1.05. The van der Waals surface area contributed by atoms with E-state index in [0.29, 0.717) is 43.7 Å². The first kappa shape index (κ1) is 49.8. The van der Waals surface area contributed by atoms with Crippen molar-refractivity contribution in [2.75, 3.05) is 52.6 Å². The molecule has 0 radical (unpaired) electrons. The summed E-state index contributed by atoms with van der Waals surface area (Å²) < 4.78 is 73.2. The van der Waals surface area contributed by atoms with Gasteiger partial charge in [-0.2, -0.15) is 5.09 Å². The first-order chi connectivity index (χ1) is 31.1. The quantitative estimate of drug-likeness (QED) is 0.0346. The van der Waals surface area contributed by atoms with Crippen LogP contribution in [0.5, 0.6) is 17.2 Å². The average molecular weight is 923 g/mol. The number of anilines is 2. The topological polar surface area (TPSA) is 233 Å². The van der Waals surface area contributed by atoms with Crippen molar-refractivity contribution in [2.24, 2.45) is 0 Å². The lowest BCUT2D eigenvalue weighted by Gasteiger charge is -2.25. The third-order valence-corrected chi connectivity index (χ3v) is 11.0. The monoisotopic (exact) mass is 922 g/mol. The number of aliphatic hydroxyl groups excluding tert-OH is 1. The molecule has 2 aromatic heterocycles. The minimum absolute atomic E-state index is 0.152. The summed E-state index contributed by atoms with van der Waals surface area (Å²) in [5.74, 6) is 3.88. The Kier molecular flexibility index (Phi) is 17.7. The lowest BCUT2D eigenvalue weighted by molar-refractivity contribution is -0.149. The predicted octanol–water partition coefficient (Wildman–Crippen LogP) is 5.06. The van der Waals surface area contributed by atoms with Crippen LogP contribution in [0.3, 0.4) is 0 Å². The Labute approximate surface area is 374 Å². The van der Waals surface area contributed by atoms with Crippen LogP contribution >= 0.6 is 7.75 Å². The molecule has 6 rings (SSSR count). The number of rotatable bonds is 20. The maximum Gasteiger partial charge on any atom is 0.459 e. The molecule has 0 saturated carbocycles. The van der Waals surface area contributed by atoms with Crippen LogP contribution in [0.4, 0.5) is 15.9 Å². The zero-order valence-corrected chi connectivity index (χ0v) is 37.5. The summed E-state index contributed by atoms with van der Waals surface area (Å²) >= 11 is 0. The molecule has 1 saturated heterocycles. The molecule has 348 valence electrons. The van der Waals surface area contributed by atoms with Gasteiger partial charge in [-0.1, -0.05) is 30.2 Å². The van der Waals surface area contributed by atoms with Crippen LogP contribution in [0.25, 0.3) is 10.9 Å². The second-order valence-electron chi connectivity index (χ2n) is 14.7. The van der Waals surface area contributed by atoms with Crippen LogP contribution in [-0.4, -0.2) is 108 Å². The summed E-state index contributed by atoms with van der Waals surface area (Å²) in [6.07, 6.45) is 2.79. The first-order valence-corrected chi connectivity index (χ1v) is 21.8. The number of aromatic amines is 1. The average Bonchev–Trinajstić information content (AvgIpc) is 3.50. The van der Waals surface area contributed by atoms with Crippen molar-refractivity contribution in [2.45, 2.75) is 63.9 Å². The van der Waals surface area contributed by atoms with E-state index in [1.165, 1.54) is 25.4 Å². The molecule has 1 aliphatic heterocycles. The van der Waals surface area contributed by atoms with Crippen molar-refractivity contribution < 1.29 is 56.3 Å². The SMILES string of the molecule is C#Cc1cccc(Nc2ncnc3cc(OCCOC)c(OCCOC)cc23)c1.CC(C)OC(=O)[C@H](C)N[P@](=O)(OC[C@H]1O[C@@H](n2ccc(=O)[nH]c2=O)[C@](C)(F)[C@@H]1O)Oc1ccccc1. The van der Waals surface area contributed by atoms with Crippen molar-refractivity contribution in [1.82, 2.24) is 24.6 Å². The van der Waals surface area contributed by atoms with Gasteiger partial charge in [-0.3, -0.25) is 23.7 Å². The number of esters is 1. The zero-order valence-electron chi connectivity index (χ0n) is 36.6. The van der Waals surface area contributed by atoms with Crippen LogP contribution in [-0.2, 0) is 32.8 Å². The third kappa shape index (κ3) is 13.7. The molecule has 4 N–H and O–H groups in total. The van der Waals surface area contributed by atoms with Gasteiger partial charge < -0.3 is 43.4 Å². The highest BCUT2D eigenvalue weighted by Crippen LogP contribution is 2.47. The van der Waals surface area contributed by atoms with E-state index in [2.05, 4.69) is 26.3 Å². The summed E-state index contributed by atoms with van der Waals surface area (Å²) in [5, 5.41) is 17.1. The lowest BCUT2D eigenvalue weighted by Crippen LogP contribution is -2.43. The number of ether oxygens (including phenoxy) is 6. The van der Waals surface area contributed by atoms with Crippen LogP contribution < -0.4 is 35.7 Å². The largest absolute Gasteiger partial charge is 0.487 e. The highest BCUT2D eigenvalue weighted by Gasteiger charge is 2.56. The van der Waals surface area contributed by atoms with Crippen LogP contribution in [0.2, 0.25) is 0 Å². The zero-order chi connectivity index (χ0) is 47.1. The molecular weight excluding hydrogens is 870 g/mol. The number of nitrogens with one attached hydrogen (secondary N) is 3. The molecule has 65 heavy (non-hydrogen) atoms. The molecule has 1 fully saturated rings. The smallest absolute Gasteiger partial charge is 0.459 e. The number of carbonyl (C=O) groups is 1. The number of alkyl halides is 1. The van der Waals surface area contributed by atoms with Crippen LogP contribution in [0.15, 0.2) is 94.9 Å². The Hall–Kier alpha value is -6.17. The number of para-hydroxylation sites is 1. The minimum atomic E-state index is -4.30. The summed E-state index contributed by atoms with van der Waals surface area (Å²) in [5.41, 5.74) is -1.77. The van der Waals surface area contributed by atoms with E-state index in [4.69, 9.17) is 43.9 Å². The molecule has 6 atom stereocenters. The Morgan fingerprint density at radius 3 is 2.34 bits per heavy atom. The fourth-order valence-corrected chi connectivity index (χ4v) is 7.65. The van der Waals surface area contributed by atoms with E-state index >= 15 is 4.39 Å². The summed E-state index contributed by atoms with van der Waals surface area (Å²) in [4.78, 5) is 46.5. The lowest BCUT2D eigenvalue weighted by atomic mass is 9.98. The molecule has 0 amide bonds. The Morgan fingerprint density at radius 2 is 1.69 bits per heavy atom. The Balaban J connectivity index is 0.000000250. The number of hydrogen-bond acceptors (Lipinski definition) is 16. The second-order valence-corrected chi connectivity index (χ2v) is 16.4. The van der Waals surface area contributed by atoms with Gasteiger partial charge in [0.25, 0.3) is 5.56 Å². The maximum absolute atomic E-state index is 15.4. The fraction of sp³-hybridized carbons (Fsp3) is 0.386. The number of hydrogen-bond donors (Lipinski definition) is 4. The van der Waals surface area contributed by atoms with Crippen molar-refractivity contribution in [1.29, 1.82) is 0 Å². The van der Waals surface area contributed by atoms with Crippen LogP contribution in [0, 0.1) is 12.3 Å². The van der Waals surface area contributed by atoms with Gasteiger partial charge in [0, 0.05) is 49.2 Å². The number of fused-ring (bicyclic) bond motifs is 1. The fourth-order valence-electron chi connectivity index (χ4n) is 6.15. The van der Waals surface area contributed by atoms with Crippen molar-refractivity contribution in [3.63, 3.8) is 0 Å². The van der Waals surface area contributed by atoms with E-state index in [-0.39, 0.29) is 5.75 Å². The van der Waals surface area contributed by atoms with E-state index in [9.17, 15) is 24.1 Å². The van der Waals surface area contributed by atoms with E-state index in [1.54, 1.807) is 46.3 Å². The molecule has 0 aliphatic carbocycles. The van der Waals surface area contributed by atoms with E-state index in [1.807, 2.05) is 41.4 Å². The molecule has 5 aromatic rings. The molecule has 3 aromatic carbocycles. The highest BCUT2D eigenvalue weighted by molar-refractivity contribution is 7.52. The number of methoxy groups -OCH3 is 2. The van der Waals surface area contributed by atoms with Gasteiger partial charge in [0.1, 0.15) is 49.4 Å². The van der Waals surface area contributed by atoms with Gasteiger partial charge in [0.15, 0.2) is 23.4 Å². The molecule has 1 aliphatic rings. The number of halogens is 1. The molecular formula is C44H52FN6O13P. The van der Waals surface area contributed by atoms with Gasteiger partial charge in [-0.15, -0.1) is 6.42 Å². The van der Waals surface area contributed by atoms with Gasteiger partial charge in [-0.25, -0.2) is 23.7 Å². The minimum Gasteiger partial charge on any atom is -0.487 e. The van der Waals surface area contributed by atoms with Gasteiger partial charge in [0.05, 0.1) is 31.4 Å². The molecule has 0 bridgehead atoms. The van der Waals surface area contributed by atoms with Gasteiger partial charge in [0.2, 0.25) is 0 Å². The number of H-pyrrole nitrogens is 1. The number of terminal acetylenes is 1. The van der Waals surface area contributed by atoms with E-state index in [0.717, 1.165) is 45.9 Å². The number of carbonyl (C=O) groups excluding carboxylic acids is 1. The second kappa shape index (κ2) is 23.1. The molecule has 19 nitrogen and oxygen atoms in total. The number of aromatic nitrogens is 4. The standard InChI is InChI=1S/C22H29FN3O9P.C22H23N3O4/c1-13(2)33-19(29)14(3)25-36(31,35-15-8-6-5-7-9-15)32-12-16-18(28)22(4,23)20(34-16)26-11-10-17(27)24-21(26)30;1-4-16-6-5-7-17(12-16)25-22-18-13-20(28-10-8-26-2)21(29-11-9-27-3)14-19(18)23-15-24-22/h5-11,13-14,16,18,20,28H,12H2,1-4H3,(H,25,31)(H,24,27,30);1,5-7,12-15H,8-11H2,2-3H3,(H,23,24,25)/t14-,16+,18+,20+,22+,36-;/m0./s1. The van der Waals surface area contributed by atoms with Gasteiger partial charge >= 0.3 is 19.4 Å². The van der Waals surface area contributed by atoms with E-state index < -0.39 is 67.8 Å². The summed E-state index contributed by atoms with van der Waals surface area (Å²) in [6.45, 7) is 6.80. The Morgan fingerprint density at radius 1 is 1.00 bits per heavy atom. The van der Waals surface area contributed by atoms with Crippen LogP contribution in [0.1, 0.15) is 39.5 Å². The molecule has 0 unspecified atom stereocenters. The molecule has 0 spiro atoms. The third-order valence-electron chi connectivity index (χ3n) is 9.34. The predicted molar refractivity (Wildman–Crippen MR) is 237 cm³/mol. The maximum atomic E-state index is 15.4. The highest BCUT2D eigenvalue weighted by atomic mass is 31.2. The summed E-state index contributed by atoms with van der Waals surface area (Å²) in [6, 6.07) is 19.1. The first-order valence-electron chi connectivity index (χ1n) is 20.2.